The smallest absolute Gasteiger partial charge is 0.297 e. The zero-order valence-electron chi connectivity index (χ0n) is 16.8. The van der Waals surface area contributed by atoms with Gasteiger partial charge in [-0.05, 0) is 65.9 Å². The molecule has 0 bridgehead atoms. The molecule has 31 heavy (non-hydrogen) atoms. The van der Waals surface area contributed by atoms with Gasteiger partial charge in [-0.2, -0.15) is 0 Å². The minimum atomic E-state index is -0.0479. The number of carbonyl (C=O) groups excluding carboxylic acids is 2. The minimum Gasteiger partial charge on any atom is -0.497 e. The van der Waals surface area contributed by atoms with Crippen molar-refractivity contribution in [1.82, 2.24) is 0 Å². The van der Waals surface area contributed by atoms with Crippen molar-refractivity contribution in [2.24, 2.45) is 0 Å². The molecule has 0 radical (unpaired) electrons. The van der Waals surface area contributed by atoms with Gasteiger partial charge in [0.2, 0.25) is 5.78 Å². The molecule has 0 atom stereocenters. The summed E-state index contributed by atoms with van der Waals surface area (Å²) in [6.45, 7) is 2.29. The predicted molar refractivity (Wildman–Crippen MR) is 124 cm³/mol. The van der Waals surface area contributed by atoms with E-state index in [4.69, 9.17) is 9.47 Å². The largest absolute Gasteiger partial charge is 0.497 e. The summed E-state index contributed by atoms with van der Waals surface area (Å²) in [5.74, 6) is 1.81. The maximum absolute atomic E-state index is 13.3. The molecule has 0 amide bonds. The standard InChI is InChI=1S/C24H18O5S2/c1-15-10-12-30-23(15)21(26)24-22(19-8-7-18(27-2)13-20(19)31-24)29-17-5-3-16(4-6-17)9-11-28-14-25/h3-14H,1-2H3/b11-9+. The third kappa shape index (κ3) is 4.38. The Morgan fingerprint density at radius 2 is 1.77 bits per heavy atom. The van der Waals surface area contributed by atoms with Crippen molar-refractivity contribution >= 4 is 51.1 Å². The number of hydrogen-bond acceptors (Lipinski definition) is 7. The Balaban J connectivity index is 1.74. The van der Waals surface area contributed by atoms with Crippen LogP contribution in [0.1, 0.15) is 25.7 Å². The molecule has 4 rings (SSSR count). The Hall–Kier alpha value is -3.42. The lowest BCUT2D eigenvalue weighted by Crippen LogP contribution is -2.00. The van der Waals surface area contributed by atoms with Gasteiger partial charge in [0.15, 0.2) is 5.75 Å². The maximum Gasteiger partial charge on any atom is 0.297 e. The molecule has 2 aromatic heterocycles. The third-order valence-electron chi connectivity index (χ3n) is 4.62. The van der Waals surface area contributed by atoms with Gasteiger partial charge in [-0.1, -0.05) is 12.1 Å². The van der Waals surface area contributed by atoms with Gasteiger partial charge in [0.1, 0.15) is 16.4 Å². The number of hydrogen-bond donors (Lipinski definition) is 0. The van der Waals surface area contributed by atoms with E-state index in [1.54, 1.807) is 25.3 Å². The number of fused-ring (bicyclic) bond motifs is 1. The molecule has 0 saturated carbocycles. The fourth-order valence-electron chi connectivity index (χ4n) is 3.05. The number of rotatable bonds is 8. The molecular formula is C24H18O5S2. The number of thiophene rings is 2. The van der Waals surface area contributed by atoms with E-state index in [-0.39, 0.29) is 5.78 Å². The molecule has 2 heterocycles. The Bertz CT molecular complexity index is 1270. The molecule has 156 valence electrons. The molecule has 5 nitrogen and oxygen atoms in total. The third-order valence-corrected chi connectivity index (χ3v) is 6.77. The summed E-state index contributed by atoms with van der Waals surface area (Å²) in [5.41, 5.74) is 1.80. The Labute approximate surface area is 187 Å². The lowest BCUT2D eigenvalue weighted by molar-refractivity contribution is -0.123. The van der Waals surface area contributed by atoms with Crippen LogP contribution in [0.25, 0.3) is 16.2 Å². The number of carbonyl (C=O) groups is 2. The first-order valence-electron chi connectivity index (χ1n) is 9.33. The summed E-state index contributed by atoms with van der Waals surface area (Å²) in [4.78, 5) is 24.8. The Morgan fingerprint density at radius 3 is 2.45 bits per heavy atom. The zero-order valence-corrected chi connectivity index (χ0v) is 18.4. The second-order valence-electron chi connectivity index (χ2n) is 6.59. The fourth-order valence-corrected chi connectivity index (χ4v) is 5.09. The van der Waals surface area contributed by atoms with E-state index in [0.717, 1.165) is 27.0 Å². The lowest BCUT2D eigenvalue weighted by Gasteiger charge is -2.08. The van der Waals surface area contributed by atoms with Crippen LogP contribution in [0.3, 0.4) is 0 Å². The molecular weight excluding hydrogens is 432 g/mol. The zero-order chi connectivity index (χ0) is 21.8. The van der Waals surface area contributed by atoms with Crippen molar-refractivity contribution in [3.8, 4) is 17.2 Å². The van der Waals surface area contributed by atoms with E-state index in [1.807, 2.05) is 48.7 Å². The molecule has 4 aromatic rings. The summed E-state index contributed by atoms with van der Waals surface area (Å²) >= 11 is 2.82. The molecule has 0 fully saturated rings. The second kappa shape index (κ2) is 9.16. The van der Waals surface area contributed by atoms with Crippen LogP contribution in [-0.4, -0.2) is 19.4 Å². The highest BCUT2D eigenvalue weighted by Crippen LogP contribution is 2.43. The van der Waals surface area contributed by atoms with E-state index in [0.29, 0.717) is 27.7 Å². The van der Waals surface area contributed by atoms with Gasteiger partial charge in [0.05, 0.1) is 18.2 Å². The van der Waals surface area contributed by atoms with Crippen molar-refractivity contribution in [3.63, 3.8) is 0 Å². The minimum absolute atomic E-state index is 0.0479. The lowest BCUT2D eigenvalue weighted by atomic mass is 10.1. The maximum atomic E-state index is 13.3. The van der Waals surface area contributed by atoms with Crippen LogP contribution in [0.15, 0.2) is 60.2 Å². The van der Waals surface area contributed by atoms with Crippen LogP contribution in [0.4, 0.5) is 0 Å². The van der Waals surface area contributed by atoms with Gasteiger partial charge >= 0.3 is 0 Å². The number of benzene rings is 2. The average molecular weight is 451 g/mol. The number of aryl methyl sites for hydroxylation is 1. The van der Waals surface area contributed by atoms with Gasteiger partial charge in [-0.15, -0.1) is 22.7 Å². The molecule has 7 heteroatoms. The van der Waals surface area contributed by atoms with E-state index >= 15 is 0 Å². The van der Waals surface area contributed by atoms with Crippen molar-refractivity contribution in [2.75, 3.05) is 7.11 Å². The quantitative estimate of drug-likeness (QED) is 0.175. The van der Waals surface area contributed by atoms with Crippen LogP contribution >= 0.6 is 22.7 Å². The monoisotopic (exact) mass is 450 g/mol. The number of ketones is 1. The number of methoxy groups -OCH3 is 1. The summed E-state index contributed by atoms with van der Waals surface area (Å²) < 4.78 is 17.0. The fraction of sp³-hybridized carbons (Fsp3) is 0.0833. The first kappa shape index (κ1) is 20.8. The van der Waals surface area contributed by atoms with E-state index < -0.39 is 0 Å². The van der Waals surface area contributed by atoms with Crippen LogP contribution in [0.2, 0.25) is 0 Å². The van der Waals surface area contributed by atoms with Gasteiger partial charge in [0, 0.05) is 10.1 Å². The highest BCUT2D eigenvalue weighted by atomic mass is 32.1. The molecule has 0 N–H and O–H groups in total. The molecule has 2 aromatic carbocycles. The highest BCUT2D eigenvalue weighted by Gasteiger charge is 2.24. The summed E-state index contributed by atoms with van der Waals surface area (Å²) in [6.07, 6.45) is 2.97. The molecule has 0 aliphatic carbocycles. The molecule has 0 saturated heterocycles. The molecule has 0 aliphatic rings. The van der Waals surface area contributed by atoms with Crippen LogP contribution in [-0.2, 0) is 9.53 Å². The van der Waals surface area contributed by atoms with Crippen LogP contribution in [0, 0.1) is 6.92 Å². The van der Waals surface area contributed by atoms with Gasteiger partial charge in [0.25, 0.3) is 6.47 Å². The number of ether oxygens (including phenoxy) is 3. The molecule has 0 aliphatic heterocycles. The molecule has 0 unspecified atom stereocenters. The van der Waals surface area contributed by atoms with Crippen LogP contribution in [0.5, 0.6) is 17.2 Å². The summed E-state index contributed by atoms with van der Waals surface area (Å²) in [5, 5.41) is 2.77. The van der Waals surface area contributed by atoms with E-state index in [2.05, 4.69) is 4.74 Å². The van der Waals surface area contributed by atoms with Crippen molar-refractivity contribution < 1.29 is 23.8 Å². The predicted octanol–water partition coefficient (Wildman–Crippen LogP) is 6.45. The normalized spacial score (nSPS) is 11.0. The van der Waals surface area contributed by atoms with Crippen molar-refractivity contribution in [2.45, 2.75) is 6.92 Å². The van der Waals surface area contributed by atoms with Gasteiger partial charge in [-0.25, -0.2) is 0 Å². The van der Waals surface area contributed by atoms with Crippen molar-refractivity contribution in [1.29, 1.82) is 0 Å². The van der Waals surface area contributed by atoms with Gasteiger partial charge < -0.3 is 14.2 Å². The summed E-state index contributed by atoms with van der Waals surface area (Å²) in [7, 11) is 1.61. The Kier molecular flexibility index (Phi) is 6.16. The molecule has 0 spiro atoms. The average Bonchev–Trinajstić information content (AvgIpc) is 3.37. The first-order chi connectivity index (χ1) is 15.1. The topological polar surface area (TPSA) is 61.8 Å². The first-order valence-corrected chi connectivity index (χ1v) is 11.0. The van der Waals surface area contributed by atoms with Crippen molar-refractivity contribution in [3.05, 3.63) is 81.1 Å². The van der Waals surface area contributed by atoms with Gasteiger partial charge in [-0.3, -0.25) is 9.59 Å². The van der Waals surface area contributed by atoms with Crippen LogP contribution < -0.4 is 9.47 Å². The summed E-state index contributed by atoms with van der Waals surface area (Å²) in [6, 6.07) is 14.9. The van der Waals surface area contributed by atoms with E-state index in [1.165, 1.54) is 28.9 Å². The van der Waals surface area contributed by atoms with E-state index in [9.17, 15) is 9.59 Å². The second-order valence-corrected chi connectivity index (χ2v) is 8.56. The SMILES string of the molecule is COc1ccc2c(Oc3ccc(/C=C/OC=O)cc3)c(C(=O)c3sccc3C)sc2c1. The highest BCUT2D eigenvalue weighted by molar-refractivity contribution is 7.22. The Morgan fingerprint density at radius 1 is 1.00 bits per heavy atom.